The molecule has 2 heterocycles. The predicted octanol–water partition coefficient (Wildman–Crippen LogP) is 4.16. The Balaban J connectivity index is 0.00000341. The molecule has 0 saturated heterocycles. The van der Waals surface area contributed by atoms with Gasteiger partial charge < -0.3 is 20.4 Å². The molecule has 1 amide bonds. The minimum absolute atomic E-state index is 0. The third-order valence-electron chi connectivity index (χ3n) is 4.44. The number of aromatic nitrogens is 1. The molecule has 0 fully saturated rings. The SMILES string of the molecule is CCNC(=NCc1cccc(C(=O)NCc2ccco2)c1)NCc1nc(C)c(C)s1.I. The second-order valence-corrected chi connectivity index (χ2v) is 8.05. The van der Waals surface area contributed by atoms with E-state index in [-0.39, 0.29) is 29.9 Å². The number of thiazole rings is 1. The molecule has 1 aromatic carbocycles. The zero-order chi connectivity index (χ0) is 21.3. The van der Waals surface area contributed by atoms with Gasteiger partial charge in [-0.25, -0.2) is 9.98 Å². The Kier molecular flexibility index (Phi) is 9.99. The summed E-state index contributed by atoms with van der Waals surface area (Å²) in [5, 5.41) is 10.5. The molecule has 0 aliphatic rings. The Bertz CT molecular complexity index is 982. The van der Waals surface area contributed by atoms with Crippen molar-refractivity contribution < 1.29 is 9.21 Å². The number of rotatable bonds is 8. The first-order chi connectivity index (χ1) is 14.5. The highest BCUT2D eigenvalue weighted by Gasteiger charge is 2.08. The van der Waals surface area contributed by atoms with Crippen LogP contribution in [0.5, 0.6) is 0 Å². The highest BCUT2D eigenvalue weighted by molar-refractivity contribution is 14.0. The fourth-order valence-electron chi connectivity index (χ4n) is 2.78. The van der Waals surface area contributed by atoms with E-state index in [9.17, 15) is 4.79 Å². The van der Waals surface area contributed by atoms with Crippen LogP contribution in [0.15, 0.2) is 52.1 Å². The van der Waals surface area contributed by atoms with Gasteiger partial charge in [0.25, 0.3) is 5.91 Å². The molecule has 0 spiro atoms. The zero-order valence-electron chi connectivity index (χ0n) is 17.9. The first-order valence-electron chi connectivity index (χ1n) is 9.89. The number of aryl methyl sites for hydroxylation is 2. The average Bonchev–Trinajstić information content (AvgIpc) is 3.38. The lowest BCUT2D eigenvalue weighted by molar-refractivity contribution is 0.0948. The number of nitrogens with one attached hydrogen (secondary N) is 3. The summed E-state index contributed by atoms with van der Waals surface area (Å²) in [6.07, 6.45) is 1.59. The molecule has 3 N–H and O–H groups in total. The van der Waals surface area contributed by atoms with Crippen LogP contribution in [-0.4, -0.2) is 23.4 Å². The van der Waals surface area contributed by atoms with Gasteiger partial charge in [0.05, 0.1) is 31.6 Å². The highest BCUT2D eigenvalue weighted by Crippen LogP contribution is 2.16. The summed E-state index contributed by atoms with van der Waals surface area (Å²) in [4.78, 5) is 22.8. The van der Waals surface area contributed by atoms with Gasteiger partial charge in [0.2, 0.25) is 0 Å². The largest absolute Gasteiger partial charge is 0.467 e. The summed E-state index contributed by atoms with van der Waals surface area (Å²) < 4.78 is 5.24. The van der Waals surface area contributed by atoms with Crippen LogP contribution in [-0.2, 0) is 19.6 Å². The van der Waals surface area contributed by atoms with Crippen LogP contribution in [0.1, 0.15) is 44.2 Å². The van der Waals surface area contributed by atoms with Crippen LogP contribution in [0.25, 0.3) is 0 Å². The van der Waals surface area contributed by atoms with E-state index >= 15 is 0 Å². The molecular weight excluding hydrogens is 525 g/mol. The molecule has 0 radical (unpaired) electrons. The van der Waals surface area contributed by atoms with Crippen molar-refractivity contribution in [2.24, 2.45) is 4.99 Å². The topological polar surface area (TPSA) is 91.5 Å². The van der Waals surface area contributed by atoms with Crippen molar-refractivity contribution >= 4 is 47.2 Å². The van der Waals surface area contributed by atoms with Gasteiger partial charge in [-0.2, -0.15) is 0 Å². The predicted molar refractivity (Wildman–Crippen MR) is 135 cm³/mol. The standard InChI is InChI=1S/C22H27N5O2S.HI/c1-4-23-22(26-14-20-27-15(2)16(3)30-20)25-12-17-7-5-8-18(11-17)21(28)24-13-19-9-6-10-29-19;/h5-11H,4,12-14H2,1-3H3,(H,24,28)(H2,23,25,26);1H. The van der Waals surface area contributed by atoms with Gasteiger partial charge in [0.15, 0.2) is 5.96 Å². The fraction of sp³-hybridized carbons (Fsp3) is 0.318. The molecule has 7 nitrogen and oxygen atoms in total. The number of carbonyl (C=O) groups is 1. The van der Waals surface area contributed by atoms with E-state index in [0.29, 0.717) is 25.2 Å². The maximum Gasteiger partial charge on any atom is 0.251 e. The van der Waals surface area contributed by atoms with Crippen LogP contribution >= 0.6 is 35.3 Å². The maximum atomic E-state index is 12.4. The number of hydrogen-bond acceptors (Lipinski definition) is 5. The monoisotopic (exact) mass is 553 g/mol. The normalized spacial score (nSPS) is 11.0. The summed E-state index contributed by atoms with van der Waals surface area (Å²) in [7, 11) is 0. The van der Waals surface area contributed by atoms with Gasteiger partial charge in [-0.05, 0) is 50.6 Å². The summed E-state index contributed by atoms with van der Waals surface area (Å²) >= 11 is 1.69. The lowest BCUT2D eigenvalue weighted by Gasteiger charge is -2.10. The number of furan rings is 1. The molecule has 0 atom stereocenters. The lowest BCUT2D eigenvalue weighted by Crippen LogP contribution is -2.36. The number of carbonyl (C=O) groups excluding carboxylic acids is 1. The molecule has 3 aromatic rings. The van der Waals surface area contributed by atoms with Crippen LogP contribution in [0.3, 0.4) is 0 Å². The Hall–Kier alpha value is -2.40. The van der Waals surface area contributed by atoms with Crippen molar-refractivity contribution in [1.82, 2.24) is 20.9 Å². The van der Waals surface area contributed by atoms with Gasteiger partial charge in [-0.1, -0.05) is 12.1 Å². The molecular formula is C22H28IN5O2S. The van der Waals surface area contributed by atoms with Gasteiger partial charge >= 0.3 is 0 Å². The number of nitrogens with zero attached hydrogens (tertiary/aromatic N) is 2. The Morgan fingerprint density at radius 2 is 1.97 bits per heavy atom. The third-order valence-corrected chi connectivity index (χ3v) is 5.51. The van der Waals surface area contributed by atoms with E-state index in [4.69, 9.17) is 4.42 Å². The summed E-state index contributed by atoms with van der Waals surface area (Å²) in [5.74, 6) is 1.29. The van der Waals surface area contributed by atoms with Crippen molar-refractivity contribution in [3.05, 3.63) is 75.1 Å². The number of hydrogen-bond donors (Lipinski definition) is 3. The molecule has 0 aliphatic carbocycles. The molecule has 0 saturated carbocycles. The summed E-state index contributed by atoms with van der Waals surface area (Å²) in [5.41, 5.74) is 2.63. The number of aliphatic imine (C=N–C) groups is 1. The van der Waals surface area contributed by atoms with Crippen molar-refractivity contribution in [1.29, 1.82) is 0 Å². The van der Waals surface area contributed by atoms with E-state index in [2.05, 4.69) is 32.9 Å². The van der Waals surface area contributed by atoms with Crippen molar-refractivity contribution in [2.75, 3.05) is 6.54 Å². The van der Waals surface area contributed by atoms with E-state index in [1.165, 1.54) is 4.88 Å². The Morgan fingerprint density at radius 1 is 1.13 bits per heavy atom. The quantitative estimate of drug-likeness (QED) is 0.222. The first kappa shape index (κ1) is 24.9. The second-order valence-electron chi connectivity index (χ2n) is 6.76. The Morgan fingerprint density at radius 3 is 2.65 bits per heavy atom. The second kappa shape index (κ2) is 12.5. The summed E-state index contributed by atoms with van der Waals surface area (Å²) in [6, 6.07) is 11.1. The lowest BCUT2D eigenvalue weighted by atomic mass is 10.1. The number of halogens is 1. The van der Waals surface area contributed by atoms with Gasteiger partial charge in [-0.3, -0.25) is 4.79 Å². The van der Waals surface area contributed by atoms with E-state index < -0.39 is 0 Å². The van der Waals surface area contributed by atoms with Crippen molar-refractivity contribution in [3.8, 4) is 0 Å². The smallest absolute Gasteiger partial charge is 0.251 e. The van der Waals surface area contributed by atoms with Crippen LogP contribution < -0.4 is 16.0 Å². The minimum Gasteiger partial charge on any atom is -0.467 e. The van der Waals surface area contributed by atoms with Crippen LogP contribution in [0.2, 0.25) is 0 Å². The van der Waals surface area contributed by atoms with Gasteiger partial charge in [0, 0.05) is 17.0 Å². The van der Waals surface area contributed by atoms with E-state index in [1.807, 2.05) is 38.1 Å². The van der Waals surface area contributed by atoms with Crippen molar-refractivity contribution in [3.63, 3.8) is 0 Å². The van der Waals surface area contributed by atoms with Gasteiger partial charge in [-0.15, -0.1) is 35.3 Å². The Labute approximate surface area is 203 Å². The molecule has 9 heteroatoms. The third kappa shape index (κ3) is 7.66. The summed E-state index contributed by atoms with van der Waals surface area (Å²) in [6.45, 7) is 8.33. The zero-order valence-corrected chi connectivity index (χ0v) is 21.0. The van der Waals surface area contributed by atoms with E-state index in [1.54, 1.807) is 29.7 Å². The minimum atomic E-state index is -0.142. The number of guanidine groups is 1. The van der Waals surface area contributed by atoms with E-state index in [0.717, 1.165) is 34.5 Å². The molecule has 0 bridgehead atoms. The van der Waals surface area contributed by atoms with Crippen molar-refractivity contribution in [2.45, 2.75) is 40.4 Å². The molecule has 0 unspecified atom stereocenters. The number of amides is 1. The highest BCUT2D eigenvalue weighted by atomic mass is 127. The molecule has 0 aliphatic heterocycles. The fourth-order valence-corrected chi connectivity index (χ4v) is 3.65. The van der Waals surface area contributed by atoms with Gasteiger partial charge in [0.1, 0.15) is 10.8 Å². The number of benzene rings is 1. The average molecular weight is 553 g/mol. The molecule has 3 rings (SSSR count). The molecule has 31 heavy (non-hydrogen) atoms. The molecule has 166 valence electrons. The maximum absolute atomic E-state index is 12.4. The molecule has 2 aromatic heterocycles. The first-order valence-corrected chi connectivity index (χ1v) is 10.7. The van der Waals surface area contributed by atoms with Crippen LogP contribution in [0, 0.1) is 13.8 Å². The van der Waals surface area contributed by atoms with Crippen LogP contribution in [0.4, 0.5) is 0 Å².